The van der Waals surface area contributed by atoms with Crippen LogP contribution in [-0.2, 0) is 0 Å². The zero-order valence-corrected chi connectivity index (χ0v) is 9.11. The van der Waals surface area contributed by atoms with Crippen LogP contribution in [0.25, 0.3) is 0 Å². The quantitative estimate of drug-likeness (QED) is 0.858. The van der Waals surface area contributed by atoms with Crippen LogP contribution in [0.4, 0.5) is 13.2 Å². The Morgan fingerprint density at radius 2 is 2.00 bits per heavy atom. The molecule has 4 nitrogen and oxygen atoms in total. The summed E-state index contributed by atoms with van der Waals surface area (Å²) < 4.78 is 38.7. The van der Waals surface area contributed by atoms with Crippen molar-refractivity contribution in [3.8, 4) is 5.88 Å². The van der Waals surface area contributed by atoms with Gasteiger partial charge in [-0.05, 0) is 25.9 Å². The average molecular weight is 249 g/mol. The maximum Gasteiger partial charge on any atom is 0.275 e. The monoisotopic (exact) mass is 249 g/mol. The lowest BCUT2D eigenvalue weighted by molar-refractivity contribution is 0.0467. The van der Waals surface area contributed by atoms with Gasteiger partial charge in [0.2, 0.25) is 12.1 Å². The van der Waals surface area contributed by atoms with E-state index in [1.807, 2.05) is 0 Å². The van der Waals surface area contributed by atoms with Crippen molar-refractivity contribution in [3.05, 3.63) is 11.8 Å². The molecule has 2 rings (SSSR count). The van der Waals surface area contributed by atoms with Crippen molar-refractivity contribution in [2.75, 3.05) is 13.1 Å². The van der Waals surface area contributed by atoms with Crippen LogP contribution in [-0.4, -0.2) is 34.4 Å². The van der Waals surface area contributed by atoms with E-state index >= 15 is 0 Å². The van der Waals surface area contributed by atoms with Crippen molar-refractivity contribution < 1.29 is 18.3 Å². The van der Waals surface area contributed by atoms with Crippen LogP contribution in [0, 0.1) is 0 Å². The fourth-order valence-electron chi connectivity index (χ4n) is 1.99. The van der Waals surface area contributed by atoms with E-state index < -0.39 is 18.3 Å². The Labute approximate surface area is 96.4 Å². The van der Waals surface area contributed by atoms with Gasteiger partial charge in [0.1, 0.15) is 5.69 Å². The number of piperidine rings is 1. The first kappa shape index (κ1) is 12.2. The second kappa shape index (κ2) is 4.95. The van der Waals surface area contributed by atoms with E-state index in [9.17, 15) is 18.3 Å². The summed E-state index contributed by atoms with van der Waals surface area (Å²) in [7, 11) is 0. The van der Waals surface area contributed by atoms with Gasteiger partial charge in [-0.2, -0.15) is 5.10 Å². The minimum absolute atomic E-state index is 0.0603. The number of hydrogen-bond donors (Lipinski definition) is 2. The molecule has 1 aliphatic heterocycles. The standard InChI is InChI=1S/C10H14F3N3O/c11-9(10(12)13)7-5-8(17)16(15-7)6-1-3-14-4-2-6/h5-6,9-10,14,17H,1-4H2. The van der Waals surface area contributed by atoms with E-state index in [-0.39, 0.29) is 11.9 Å². The number of alkyl halides is 3. The van der Waals surface area contributed by atoms with Gasteiger partial charge in [0.05, 0.1) is 6.04 Å². The molecule has 0 amide bonds. The van der Waals surface area contributed by atoms with Crippen molar-refractivity contribution in [1.29, 1.82) is 0 Å². The topological polar surface area (TPSA) is 50.1 Å². The van der Waals surface area contributed by atoms with Crippen molar-refractivity contribution in [3.63, 3.8) is 0 Å². The van der Waals surface area contributed by atoms with Gasteiger partial charge in [-0.15, -0.1) is 0 Å². The van der Waals surface area contributed by atoms with E-state index in [0.717, 1.165) is 32.0 Å². The number of nitrogens with zero attached hydrogens (tertiary/aromatic N) is 2. The van der Waals surface area contributed by atoms with Crippen LogP contribution in [0.5, 0.6) is 5.88 Å². The van der Waals surface area contributed by atoms with Gasteiger partial charge in [0.15, 0.2) is 0 Å². The molecule has 1 saturated heterocycles. The molecule has 2 heterocycles. The molecule has 0 aliphatic carbocycles. The molecule has 2 N–H and O–H groups in total. The molecule has 1 atom stereocenters. The Kier molecular flexibility index (Phi) is 3.56. The van der Waals surface area contributed by atoms with Crippen LogP contribution in [0.3, 0.4) is 0 Å². The molecule has 0 radical (unpaired) electrons. The zero-order chi connectivity index (χ0) is 12.4. The molecule has 1 aromatic rings. The number of aromatic nitrogens is 2. The maximum atomic E-state index is 13.1. The fourth-order valence-corrected chi connectivity index (χ4v) is 1.99. The van der Waals surface area contributed by atoms with Crippen LogP contribution < -0.4 is 5.32 Å². The van der Waals surface area contributed by atoms with E-state index in [0.29, 0.717) is 0 Å². The fraction of sp³-hybridized carbons (Fsp3) is 0.700. The molecule has 17 heavy (non-hydrogen) atoms. The molecule has 1 fully saturated rings. The Balaban J connectivity index is 2.17. The van der Waals surface area contributed by atoms with E-state index in [2.05, 4.69) is 10.4 Å². The van der Waals surface area contributed by atoms with Crippen molar-refractivity contribution >= 4 is 0 Å². The summed E-state index contributed by atoms with van der Waals surface area (Å²) in [6.45, 7) is 1.54. The lowest BCUT2D eigenvalue weighted by Crippen LogP contribution is -2.29. The molecule has 96 valence electrons. The van der Waals surface area contributed by atoms with Crippen LogP contribution in [0.2, 0.25) is 0 Å². The Morgan fingerprint density at radius 3 is 2.59 bits per heavy atom. The molecule has 1 aromatic heterocycles. The highest BCUT2D eigenvalue weighted by Crippen LogP contribution is 2.30. The van der Waals surface area contributed by atoms with E-state index in [4.69, 9.17) is 0 Å². The molecular formula is C10H14F3N3O. The molecule has 0 spiro atoms. The summed E-state index contributed by atoms with van der Waals surface area (Å²) in [5.74, 6) is -0.254. The van der Waals surface area contributed by atoms with Gasteiger partial charge >= 0.3 is 0 Å². The Hall–Kier alpha value is -1.24. The first-order valence-electron chi connectivity index (χ1n) is 5.51. The lowest BCUT2D eigenvalue weighted by Gasteiger charge is -2.23. The SMILES string of the molecule is Oc1cc(C(F)C(F)F)nn1C1CCNCC1. The molecule has 1 aliphatic rings. The third kappa shape index (κ3) is 2.54. The molecule has 0 aromatic carbocycles. The van der Waals surface area contributed by atoms with Gasteiger partial charge < -0.3 is 10.4 Å². The third-order valence-electron chi connectivity index (χ3n) is 2.89. The molecule has 0 saturated carbocycles. The molecular weight excluding hydrogens is 235 g/mol. The summed E-state index contributed by atoms with van der Waals surface area (Å²) in [6.07, 6.45) is -4.09. The van der Waals surface area contributed by atoms with Gasteiger partial charge in [-0.1, -0.05) is 0 Å². The first-order chi connectivity index (χ1) is 8.09. The highest BCUT2D eigenvalue weighted by Gasteiger charge is 2.27. The van der Waals surface area contributed by atoms with Crippen molar-refractivity contribution in [1.82, 2.24) is 15.1 Å². The summed E-state index contributed by atoms with van der Waals surface area (Å²) in [5.41, 5.74) is -0.406. The van der Waals surface area contributed by atoms with Crippen molar-refractivity contribution in [2.24, 2.45) is 0 Å². The second-order valence-corrected chi connectivity index (χ2v) is 4.09. The summed E-state index contributed by atoms with van der Waals surface area (Å²) in [6, 6.07) is 0.911. The first-order valence-corrected chi connectivity index (χ1v) is 5.51. The Bertz CT molecular complexity index is 377. The Morgan fingerprint density at radius 1 is 1.35 bits per heavy atom. The lowest BCUT2D eigenvalue weighted by atomic mass is 10.1. The van der Waals surface area contributed by atoms with Gasteiger partial charge in [0, 0.05) is 6.07 Å². The predicted molar refractivity (Wildman–Crippen MR) is 54.9 cm³/mol. The number of nitrogens with one attached hydrogen (secondary N) is 1. The highest BCUT2D eigenvalue weighted by molar-refractivity contribution is 5.18. The van der Waals surface area contributed by atoms with Crippen LogP contribution in [0.1, 0.15) is 30.7 Å². The average Bonchev–Trinajstić information content (AvgIpc) is 2.71. The summed E-state index contributed by atoms with van der Waals surface area (Å²) >= 11 is 0. The molecule has 0 bridgehead atoms. The van der Waals surface area contributed by atoms with Crippen LogP contribution >= 0.6 is 0 Å². The van der Waals surface area contributed by atoms with E-state index in [1.54, 1.807) is 0 Å². The number of hydrogen-bond acceptors (Lipinski definition) is 3. The minimum Gasteiger partial charge on any atom is -0.493 e. The predicted octanol–water partition coefficient (Wildman–Crippen LogP) is 1.79. The normalized spacial score (nSPS) is 19.8. The summed E-state index contributed by atoms with van der Waals surface area (Å²) in [4.78, 5) is 0. The third-order valence-corrected chi connectivity index (χ3v) is 2.89. The smallest absolute Gasteiger partial charge is 0.275 e. The van der Waals surface area contributed by atoms with Gasteiger partial charge in [0.25, 0.3) is 6.43 Å². The van der Waals surface area contributed by atoms with Crippen molar-refractivity contribution in [2.45, 2.75) is 31.5 Å². The molecule has 1 unspecified atom stereocenters. The second-order valence-electron chi connectivity index (χ2n) is 4.09. The highest BCUT2D eigenvalue weighted by atomic mass is 19.3. The number of aromatic hydroxyl groups is 1. The molecule has 7 heteroatoms. The number of halogens is 3. The van der Waals surface area contributed by atoms with E-state index in [1.165, 1.54) is 4.68 Å². The van der Waals surface area contributed by atoms with Gasteiger partial charge in [-0.3, -0.25) is 0 Å². The van der Waals surface area contributed by atoms with Crippen LogP contribution in [0.15, 0.2) is 6.07 Å². The zero-order valence-electron chi connectivity index (χ0n) is 9.11. The van der Waals surface area contributed by atoms with Gasteiger partial charge in [-0.25, -0.2) is 17.9 Å². The maximum absolute atomic E-state index is 13.1. The number of rotatable bonds is 3. The largest absolute Gasteiger partial charge is 0.493 e. The minimum atomic E-state index is -3.12. The summed E-state index contributed by atoms with van der Waals surface area (Å²) in [5, 5.41) is 16.5.